The van der Waals surface area contributed by atoms with Gasteiger partial charge in [0.2, 0.25) is 0 Å². The lowest BCUT2D eigenvalue weighted by Gasteiger charge is -2.52. The fourth-order valence-corrected chi connectivity index (χ4v) is 3.99. The summed E-state index contributed by atoms with van der Waals surface area (Å²) in [5.41, 5.74) is 0. The molecule has 0 aromatic heterocycles. The van der Waals surface area contributed by atoms with Gasteiger partial charge in [0.25, 0.3) is 0 Å². The van der Waals surface area contributed by atoms with Gasteiger partial charge in [-0.25, -0.2) is 0 Å². The van der Waals surface area contributed by atoms with E-state index in [9.17, 15) is 0 Å². The molecule has 3 rings (SSSR count). The van der Waals surface area contributed by atoms with Gasteiger partial charge in [0.1, 0.15) is 0 Å². The fraction of sp³-hybridized carbons (Fsp3) is 1.00. The van der Waals surface area contributed by atoms with Crippen molar-refractivity contribution in [3.05, 3.63) is 0 Å². The average molecular weight is 179 g/mol. The summed E-state index contributed by atoms with van der Waals surface area (Å²) in [6, 6.07) is 2.99. The smallest absolute Gasteiger partial charge is 0.0101 e. The third-order valence-corrected chi connectivity index (χ3v) is 4.49. The molecule has 0 unspecified atom stereocenters. The zero-order valence-electron chi connectivity index (χ0n) is 8.54. The summed E-state index contributed by atoms with van der Waals surface area (Å²) in [4.78, 5) is 2.93. The first kappa shape index (κ1) is 8.28. The van der Waals surface area contributed by atoms with Crippen LogP contribution in [0.1, 0.15) is 57.8 Å². The quantitative estimate of drug-likeness (QED) is 0.552. The van der Waals surface area contributed by atoms with Crippen LogP contribution in [0.2, 0.25) is 0 Å². The molecule has 0 atom stereocenters. The van der Waals surface area contributed by atoms with E-state index < -0.39 is 0 Å². The van der Waals surface area contributed by atoms with Gasteiger partial charge in [0, 0.05) is 18.1 Å². The number of hydrogen-bond donors (Lipinski definition) is 0. The summed E-state index contributed by atoms with van der Waals surface area (Å²) in [6.45, 7) is 0. The number of piperidine rings is 3. The van der Waals surface area contributed by atoms with Gasteiger partial charge in [-0.05, 0) is 38.5 Å². The van der Waals surface area contributed by atoms with Crippen LogP contribution in [-0.4, -0.2) is 23.0 Å². The highest BCUT2D eigenvalue weighted by Gasteiger charge is 2.39. The normalized spacial score (nSPS) is 45.7. The molecule has 3 aliphatic heterocycles. The maximum absolute atomic E-state index is 2.93. The van der Waals surface area contributed by atoms with Crippen molar-refractivity contribution in [2.45, 2.75) is 75.9 Å². The van der Waals surface area contributed by atoms with Crippen molar-refractivity contribution in [1.82, 2.24) is 4.90 Å². The third kappa shape index (κ3) is 1.32. The van der Waals surface area contributed by atoms with E-state index in [0.717, 1.165) is 18.1 Å². The molecule has 3 aliphatic rings. The molecule has 74 valence electrons. The van der Waals surface area contributed by atoms with Crippen LogP contribution in [0.15, 0.2) is 0 Å². The molecule has 0 radical (unpaired) electrons. The van der Waals surface area contributed by atoms with Crippen molar-refractivity contribution in [1.29, 1.82) is 0 Å². The molecule has 1 nitrogen and oxygen atoms in total. The molecular formula is C12H21N. The van der Waals surface area contributed by atoms with Crippen LogP contribution in [0.3, 0.4) is 0 Å². The molecule has 0 N–H and O–H groups in total. The van der Waals surface area contributed by atoms with Crippen molar-refractivity contribution >= 4 is 0 Å². The fourth-order valence-electron chi connectivity index (χ4n) is 3.99. The van der Waals surface area contributed by atoms with Gasteiger partial charge in [0.15, 0.2) is 0 Å². The van der Waals surface area contributed by atoms with Crippen LogP contribution in [-0.2, 0) is 0 Å². The van der Waals surface area contributed by atoms with Crippen molar-refractivity contribution in [2.75, 3.05) is 0 Å². The molecule has 13 heavy (non-hydrogen) atoms. The Morgan fingerprint density at radius 3 is 1.15 bits per heavy atom. The highest BCUT2D eigenvalue weighted by Crippen LogP contribution is 2.40. The third-order valence-electron chi connectivity index (χ3n) is 4.49. The molecule has 1 heteroatoms. The lowest BCUT2D eigenvalue weighted by atomic mass is 9.79. The van der Waals surface area contributed by atoms with Crippen molar-refractivity contribution in [3.8, 4) is 0 Å². The van der Waals surface area contributed by atoms with Crippen molar-refractivity contribution in [3.63, 3.8) is 0 Å². The summed E-state index contributed by atoms with van der Waals surface area (Å²) >= 11 is 0. The summed E-state index contributed by atoms with van der Waals surface area (Å²) in [5, 5.41) is 0. The van der Waals surface area contributed by atoms with Crippen LogP contribution in [0.25, 0.3) is 0 Å². The van der Waals surface area contributed by atoms with Gasteiger partial charge in [-0.1, -0.05) is 19.3 Å². The Morgan fingerprint density at radius 1 is 0.538 bits per heavy atom. The Hall–Kier alpha value is -0.0400. The Bertz CT molecular complexity index is 144. The molecule has 0 saturated carbocycles. The van der Waals surface area contributed by atoms with E-state index in [1.54, 1.807) is 0 Å². The highest BCUT2D eigenvalue weighted by atomic mass is 15.2. The first-order chi connectivity index (χ1) is 6.45. The standard InChI is InChI=1S/C12H21N/c1-4-10-6-2-8-12-9-3-7-11(5-1)13(10)12/h10-12H,1-9H2. The van der Waals surface area contributed by atoms with E-state index in [0.29, 0.717) is 0 Å². The lowest BCUT2D eigenvalue weighted by Crippen LogP contribution is -2.56. The van der Waals surface area contributed by atoms with Crippen LogP contribution in [0.5, 0.6) is 0 Å². The van der Waals surface area contributed by atoms with E-state index in [4.69, 9.17) is 0 Å². The molecule has 0 aliphatic carbocycles. The second-order valence-corrected chi connectivity index (χ2v) is 5.20. The highest BCUT2D eigenvalue weighted by molar-refractivity contribution is 4.95. The number of hydrogen-bond acceptors (Lipinski definition) is 1. The van der Waals surface area contributed by atoms with Crippen LogP contribution >= 0.6 is 0 Å². The second-order valence-electron chi connectivity index (χ2n) is 5.20. The van der Waals surface area contributed by atoms with Gasteiger partial charge in [-0.3, -0.25) is 4.90 Å². The zero-order chi connectivity index (χ0) is 8.67. The maximum Gasteiger partial charge on any atom is 0.0101 e. The van der Waals surface area contributed by atoms with E-state index in [1.165, 1.54) is 57.8 Å². The Labute approximate surface area is 81.5 Å². The number of nitrogens with zero attached hydrogens (tertiary/aromatic N) is 1. The van der Waals surface area contributed by atoms with E-state index in [1.807, 2.05) is 0 Å². The van der Waals surface area contributed by atoms with Gasteiger partial charge < -0.3 is 0 Å². The first-order valence-electron chi connectivity index (χ1n) is 6.22. The van der Waals surface area contributed by atoms with Gasteiger partial charge in [0.05, 0.1) is 0 Å². The molecule has 0 aromatic carbocycles. The predicted octanol–water partition coefficient (Wildman–Crippen LogP) is 2.95. The maximum atomic E-state index is 2.93. The second kappa shape index (κ2) is 3.27. The zero-order valence-corrected chi connectivity index (χ0v) is 8.54. The van der Waals surface area contributed by atoms with Crippen LogP contribution < -0.4 is 0 Å². The van der Waals surface area contributed by atoms with Gasteiger partial charge in [-0.15, -0.1) is 0 Å². The molecule has 0 bridgehead atoms. The van der Waals surface area contributed by atoms with Gasteiger partial charge in [-0.2, -0.15) is 0 Å². The summed E-state index contributed by atoms with van der Waals surface area (Å²) in [5.74, 6) is 0. The lowest BCUT2D eigenvalue weighted by molar-refractivity contribution is -0.0253. The van der Waals surface area contributed by atoms with Crippen molar-refractivity contribution < 1.29 is 0 Å². The summed E-state index contributed by atoms with van der Waals surface area (Å²) < 4.78 is 0. The molecular weight excluding hydrogens is 158 g/mol. The molecule has 3 saturated heterocycles. The number of rotatable bonds is 0. The first-order valence-corrected chi connectivity index (χ1v) is 6.22. The minimum atomic E-state index is 0.998. The summed E-state index contributed by atoms with van der Waals surface area (Å²) in [6.07, 6.45) is 13.6. The predicted molar refractivity (Wildman–Crippen MR) is 54.8 cm³/mol. The minimum absolute atomic E-state index is 0.998. The van der Waals surface area contributed by atoms with E-state index >= 15 is 0 Å². The van der Waals surface area contributed by atoms with E-state index in [-0.39, 0.29) is 0 Å². The Kier molecular flexibility index (Phi) is 2.08. The monoisotopic (exact) mass is 179 g/mol. The largest absolute Gasteiger partial charge is 0.294 e. The molecule has 3 heterocycles. The SMILES string of the molecule is C1CC2CCCC3CCCC(C1)N23. The van der Waals surface area contributed by atoms with Crippen LogP contribution in [0, 0.1) is 0 Å². The van der Waals surface area contributed by atoms with Crippen molar-refractivity contribution in [2.24, 2.45) is 0 Å². The van der Waals surface area contributed by atoms with E-state index in [2.05, 4.69) is 4.90 Å². The Morgan fingerprint density at radius 2 is 0.846 bits per heavy atom. The topological polar surface area (TPSA) is 3.24 Å². The average Bonchev–Trinajstić information content (AvgIpc) is 2.19. The van der Waals surface area contributed by atoms with Crippen LogP contribution in [0.4, 0.5) is 0 Å². The minimum Gasteiger partial charge on any atom is -0.294 e. The molecule has 3 fully saturated rings. The summed E-state index contributed by atoms with van der Waals surface area (Å²) in [7, 11) is 0. The molecule has 0 aromatic rings. The van der Waals surface area contributed by atoms with Gasteiger partial charge >= 0.3 is 0 Å². The Balaban J connectivity index is 1.82. The molecule has 0 amide bonds. The molecule has 0 spiro atoms.